The van der Waals surface area contributed by atoms with Gasteiger partial charge in [0.15, 0.2) is 5.96 Å². The molecule has 0 amide bonds. The first-order chi connectivity index (χ1) is 11.2. The van der Waals surface area contributed by atoms with E-state index in [1.54, 1.807) is 26.3 Å². The number of ether oxygens (including phenoxy) is 2. The van der Waals surface area contributed by atoms with Gasteiger partial charge in [0.05, 0.1) is 13.2 Å². The molecule has 1 aromatic carbocycles. The van der Waals surface area contributed by atoms with E-state index in [2.05, 4.69) is 31.6 Å². The number of hydrogen-bond donors (Lipinski definition) is 2. The zero-order chi connectivity index (χ0) is 16.9. The van der Waals surface area contributed by atoms with Crippen LogP contribution in [0.25, 0.3) is 0 Å². The molecule has 138 valence electrons. The molecule has 0 aliphatic heterocycles. The number of benzene rings is 1. The Morgan fingerprint density at radius 3 is 2.67 bits per heavy atom. The fraction of sp³-hybridized carbons (Fsp3) is 0.562. The SMILES string of the molecule is CN=C(NCCCOCCOC)NCCc1cc(Br)ccc1F.I. The maximum Gasteiger partial charge on any atom is 0.190 e. The fourth-order valence-corrected chi connectivity index (χ4v) is 2.30. The number of guanidine groups is 1. The molecule has 0 aliphatic rings. The maximum atomic E-state index is 13.6. The van der Waals surface area contributed by atoms with Crippen LogP contribution in [-0.4, -0.2) is 53.0 Å². The van der Waals surface area contributed by atoms with Crippen molar-refractivity contribution in [3.63, 3.8) is 0 Å². The molecule has 0 aliphatic carbocycles. The second kappa shape index (κ2) is 14.9. The van der Waals surface area contributed by atoms with Gasteiger partial charge in [0.25, 0.3) is 0 Å². The molecule has 8 heteroatoms. The molecule has 0 spiro atoms. The molecular weight excluding hydrogens is 492 g/mol. The molecular formula is C16H26BrFIN3O2. The second-order valence-corrected chi connectivity index (χ2v) is 5.79. The highest BCUT2D eigenvalue weighted by molar-refractivity contribution is 14.0. The van der Waals surface area contributed by atoms with Crippen molar-refractivity contribution in [2.75, 3.05) is 47.1 Å². The monoisotopic (exact) mass is 517 g/mol. The van der Waals surface area contributed by atoms with Crippen molar-refractivity contribution in [2.24, 2.45) is 4.99 Å². The molecule has 24 heavy (non-hydrogen) atoms. The van der Waals surface area contributed by atoms with E-state index < -0.39 is 0 Å². The van der Waals surface area contributed by atoms with Crippen molar-refractivity contribution >= 4 is 45.9 Å². The number of halogens is 3. The van der Waals surface area contributed by atoms with Crippen LogP contribution in [0.15, 0.2) is 27.7 Å². The Balaban J connectivity index is 0.00000529. The van der Waals surface area contributed by atoms with Crippen molar-refractivity contribution in [3.8, 4) is 0 Å². The number of nitrogens with one attached hydrogen (secondary N) is 2. The van der Waals surface area contributed by atoms with E-state index in [-0.39, 0.29) is 29.8 Å². The summed E-state index contributed by atoms with van der Waals surface area (Å²) in [5, 5.41) is 6.37. The van der Waals surface area contributed by atoms with E-state index >= 15 is 0 Å². The van der Waals surface area contributed by atoms with Crippen molar-refractivity contribution in [2.45, 2.75) is 12.8 Å². The molecule has 0 aromatic heterocycles. The minimum absolute atomic E-state index is 0. The van der Waals surface area contributed by atoms with Crippen LogP contribution in [0.3, 0.4) is 0 Å². The molecule has 2 N–H and O–H groups in total. The Hall–Kier alpha value is -0.450. The Bertz CT molecular complexity index is 492. The van der Waals surface area contributed by atoms with Gasteiger partial charge in [-0.1, -0.05) is 15.9 Å². The zero-order valence-electron chi connectivity index (χ0n) is 14.1. The number of hydrogen-bond acceptors (Lipinski definition) is 3. The van der Waals surface area contributed by atoms with E-state index in [1.807, 2.05) is 0 Å². The van der Waals surface area contributed by atoms with Crippen LogP contribution in [0.5, 0.6) is 0 Å². The minimum Gasteiger partial charge on any atom is -0.382 e. The molecule has 0 atom stereocenters. The average molecular weight is 518 g/mol. The molecule has 5 nitrogen and oxygen atoms in total. The lowest BCUT2D eigenvalue weighted by Gasteiger charge is -2.12. The van der Waals surface area contributed by atoms with Gasteiger partial charge in [0, 0.05) is 38.3 Å². The fourth-order valence-electron chi connectivity index (χ4n) is 1.90. The van der Waals surface area contributed by atoms with Crippen LogP contribution in [-0.2, 0) is 15.9 Å². The van der Waals surface area contributed by atoms with E-state index in [4.69, 9.17) is 9.47 Å². The molecule has 0 saturated heterocycles. The lowest BCUT2D eigenvalue weighted by atomic mass is 10.1. The third kappa shape index (κ3) is 10.4. The number of nitrogens with zero attached hydrogens (tertiary/aromatic N) is 1. The molecule has 1 rings (SSSR count). The highest BCUT2D eigenvalue weighted by Gasteiger charge is 2.03. The highest BCUT2D eigenvalue weighted by atomic mass is 127. The summed E-state index contributed by atoms with van der Waals surface area (Å²) in [5.41, 5.74) is 0.675. The number of methoxy groups -OCH3 is 1. The lowest BCUT2D eigenvalue weighted by molar-refractivity contribution is 0.0698. The number of aliphatic imine (C=N–C) groups is 1. The summed E-state index contributed by atoms with van der Waals surface area (Å²) in [5.74, 6) is 0.517. The summed E-state index contributed by atoms with van der Waals surface area (Å²) >= 11 is 3.35. The molecule has 0 heterocycles. The maximum absolute atomic E-state index is 13.6. The summed E-state index contributed by atoms with van der Waals surface area (Å²) in [6, 6.07) is 4.96. The van der Waals surface area contributed by atoms with Gasteiger partial charge in [-0.25, -0.2) is 4.39 Å². The van der Waals surface area contributed by atoms with Gasteiger partial charge in [-0.3, -0.25) is 4.99 Å². The summed E-state index contributed by atoms with van der Waals surface area (Å²) in [6.07, 6.45) is 1.47. The summed E-state index contributed by atoms with van der Waals surface area (Å²) in [4.78, 5) is 4.14. The first kappa shape index (κ1) is 23.5. The Labute approximate surface area is 168 Å². The van der Waals surface area contributed by atoms with Crippen LogP contribution in [0.2, 0.25) is 0 Å². The predicted molar refractivity (Wildman–Crippen MR) is 110 cm³/mol. The predicted octanol–water partition coefficient (Wildman–Crippen LogP) is 2.97. The average Bonchev–Trinajstić information content (AvgIpc) is 2.55. The quantitative estimate of drug-likeness (QED) is 0.217. The first-order valence-corrected chi connectivity index (χ1v) is 8.41. The van der Waals surface area contributed by atoms with Gasteiger partial charge < -0.3 is 20.1 Å². The van der Waals surface area contributed by atoms with Crippen LogP contribution in [0.4, 0.5) is 4.39 Å². The van der Waals surface area contributed by atoms with Gasteiger partial charge >= 0.3 is 0 Å². The van der Waals surface area contributed by atoms with Gasteiger partial charge in [0.2, 0.25) is 0 Å². The van der Waals surface area contributed by atoms with Crippen LogP contribution in [0.1, 0.15) is 12.0 Å². The Morgan fingerprint density at radius 2 is 1.96 bits per heavy atom. The second-order valence-electron chi connectivity index (χ2n) is 4.87. The normalized spacial score (nSPS) is 11.1. The third-order valence-corrected chi connectivity index (χ3v) is 3.60. The molecule has 0 radical (unpaired) electrons. The summed E-state index contributed by atoms with van der Waals surface area (Å²) in [7, 11) is 3.37. The Morgan fingerprint density at radius 1 is 1.21 bits per heavy atom. The third-order valence-electron chi connectivity index (χ3n) is 3.11. The van der Waals surface area contributed by atoms with Gasteiger partial charge in [-0.15, -0.1) is 24.0 Å². The van der Waals surface area contributed by atoms with Crippen LogP contribution >= 0.6 is 39.9 Å². The zero-order valence-corrected chi connectivity index (χ0v) is 18.0. The molecule has 1 aromatic rings. The van der Waals surface area contributed by atoms with Crippen LogP contribution in [0, 0.1) is 5.82 Å². The van der Waals surface area contributed by atoms with Gasteiger partial charge in [0.1, 0.15) is 5.82 Å². The van der Waals surface area contributed by atoms with Crippen molar-refractivity contribution in [3.05, 3.63) is 34.1 Å². The highest BCUT2D eigenvalue weighted by Crippen LogP contribution is 2.15. The van der Waals surface area contributed by atoms with E-state index in [1.165, 1.54) is 6.07 Å². The van der Waals surface area contributed by atoms with E-state index in [9.17, 15) is 4.39 Å². The topological polar surface area (TPSA) is 54.9 Å². The van der Waals surface area contributed by atoms with Crippen LogP contribution < -0.4 is 10.6 Å². The van der Waals surface area contributed by atoms with Gasteiger partial charge in [-0.05, 0) is 36.6 Å². The first-order valence-electron chi connectivity index (χ1n) is 7.62. The Kier molecular flexibility index (Phi) is 14.6. The smallest absolute Gasteiger partial charge is 0.190 e. The minimum atomic E-state index is -0.189. The van der Waals surface area contributed by atoms with Crippen molar-refractivity contribution in [1.29, 1.82) is 0 Å². The molecule has 0 unspecified atom stereocenters. The largest absolute Gasteiger partial charge is 0.382 e. The van der Waals surface area contributed by atoms with E-state index in [0.29, 0.717) is 44.3 Å². The standard InChI is InChI=1S/C16H25BrFN3O2.HI/c1-19-16(20-7-3-9-23-11-10-22-2)21-8-6-13-12-14(17)4-5-15(13)18;/h4-5,12H,3,6-11H2,1-2H3,(H2,19,20,21);1H. The van der Waals surface area contributed by atoms with Crippen molar-refractivity contribution < 1.29 is 13.9 Å². The van der Waals surface area contributed by atoms with Gasteiger partial charge in [-0.2, -0.15) is 0 Å². The summed E-state index contributed by atoms with van der Waals surface area (Å²) < 4.78 is 24.8. The van der Waals surface area contributed by atoms with E-state index in [0.717, 1.165) is 17.4 Å². The lowest BCUT2D eigenvalue weighted by Crippen LogP contribution is -2.39. The summed E-state index contributed by atoms with van der Waals surface area (Å²) in [6.45, 7) is 3.27. The number of rotatable bonds is 10. The van der Waals surface area contributed by atoms with Crippen molar-refractivity contribution in [1.82, 2.24) is 10.6 Å². The molecule has 0 fully saturated rings. The molecule has 0 saturated carbocycles. The molecule has 0 bridgehead atoms.